The van der Waals surface area contributed by atoms with Crippen molar-refractivity contribution in [2.24, 2.45) is 13.0 Å². The van der Waals surface area contributed by atoms with Gasteiger partial charge in [-0.3, -0.25) is 4.79 Å². The lowest BCUT2D eigenvalue weighted by molar-refractivity contribution is 0.0917. The van der Waals surface area contributed by atoms with Crippen LogP contribution < -0.4 is 10.6 Å². The maximum Gasteiger partial charge on any atom is 0.268 e. The number of aromatic nitrogens is 1. The van der Waals surface area contributed by atoms with Gasteiger partial charge in [0, 0.05) is 31.4 Å². The summed E-state index contributed by atoms with van der Waals surface area (Å²) in [5.41, 5.74) is 2.93. The van der Waals surface area contributed by atoms with Crippen LogP contribution in [0, 0.1) is 5.92 Å². The molecule has 2 aliphatic rings. The van der Waals surface area contributed by atoms with Crippen molar-refractivity contribution in [2.75, 3.05) is 6.54 Å². The molecule has 4 nitrogen and oxygen atoms in total. The second-order valence-corrected chi connectivity index (χ2v) is 6.45. The average molecular weight is 295 g/mol. The Balaban J connectivity index is 1.53. The largest absolute Gasteiger partial charge is 0.348 e. The lowest BCUT2D eigenvalue weighted by atomic mass is 10.0. The Hall–Kier alpha value is -2.07. The predicted molar refractivity (Wildman–Crippen MR) is 86.6 cm³/mol. The van der Waals surface area contributed by atoms with Crippen molar-refractivity contribution in [1.82, 2.24) is 15.2 Å². The number of hydrogen-bond acceptors (Lipinski definition) is 2. The number of amides is 1. The van der Waals surface area contributed by atoms with Gasteiger partial charge in [0.2, 0.25) is 0 Å². The molecule has 22 heavy (non-hydrogen) atoms. The van der Waals surface area contributed by atoms with Gasteiger partial charge in [0.15, 0.2) is 0 Å². The average Bonchev–Trinajstić information content (AvgIpc) is 3.23. The molecule has 0 radical (unpaired) electrons. The minimum atomic E-state index is 0.0437. The monoisotopic (exact) mass is 295 g/mol. The van der Waals surface area contributed by atoms with Gasteiger partial charge in [-0.2, -0.15) is 0 Å². The van der Waals surface area contributed by atoms with Gasteiger partial charge < -0.3 is 15.2 Å². The number of benzene rings is 1. The van der Waals surface area contributed by atoms with Gasteiger partial charge in [0.05, 0.1) is 0 Å². The molecule has 2 N–H and O–H groups in total. The molecule has 1 amide bonds. The molecule has 3 atom stereocenters. The van der Waals surface area contributed by atoms with Crippen LogP contribution in [0.1, 0.15) is 23.3 Å². The Morgan fingerprint density at radius 3 is 2.68 bits per heavy atom. The molecule has 0 spiro atoms. The highest BCUT2D eigenvalue weighted by Crippen LogP contribution is 2.31. The Bertz CT molecular complexity index is 692. The number of nitrogens with one attached hydrogen (secondary N) is 2. The summed E-state index contributed by atoms with van der Waals surface area (Å²) in [5.74, 6) is 0.644. The Morgan fingerprint density at radius 1 is 1.18 bits per heavy atom. The summed E-state index contributed by atoms with van der Waals surface area (Å²) in [6.07, 6.45) is 2.26. The first-order chi connectivity index (χ1) is 10.7. The zero-order valence-electron chi connectivity index (χ0n) is 12.8. The maximum atomic E-state index is 12.6. The third-order valence-corrected chi connectivity index (χ3v) is 5.10. The highest BCUT2D eigenvalue weighted by Gasteiger charge is 2.40. The second-order valence-electron chi connectivity index (χ2n) is 6.45. The van der Waals surface area contributed by atoms with Crippen LogP contribution in [0.25, 0.3) is 11.3 Å². The van der Waals surface area contributed by atoms with E-state index in [4.69, 9.17) is 0 Å². The van der Waals surface area contributed by atoms with E-state index >= 15 is 0 Å². The topological polar surface area (TPSA) is 46.1 Å². The molecule has 3 unspecified atom stereocenters. The fourth-order valence-corrected chi connectivity index (χ4v) is 3.89. The summed E-state index contributed by atoms with van der Waals surface area (Å²) in [5, 5.41) is 6.71. The Kier molecular flexibility index (Phi) is 3.26. The number of rotatable bonds is 3. The Morgan fingerprint density at radius 2 is 2.00 bits per heavy atom. The summed E-state index contributed by atoms with van der Waals surface area (Å²) < 4.78 is 1.98. The fourth-order valence-electron chi connectivity index (χ4n) is 3.89. The standard InChI is InChI=1S/C18H21N3O/c1-21-16(12-5-3-2-4-6-12)7-8-17(21)18(22)20-15-10-14-9-13(15)11-19-14/h2-8,13-15,19H,9-11H2,1H3,(H,20,22). The van der Waals surface area contributed by atoms with Gasteiger partial charge >= 0.3 is 0 Å². The smallest absolute Gasteiger partial charge is 0.268 e. The van der Waals surface area contributed by atoms with Crippen LogP contribution in [-0.2, 0) is 7.05 Å². The van der Waals surface area contributed by atoms with Crippen LogP contribution in [0.15, 0.2) is 42.5 Å². The first-order valence-corrected chi connectivity index (χ1v) is 7.98. The fraction of sp³-hybridized carbons (Fsp3) is 0.389. The van der Waals surface area contributed by atoms with Crippen molar-refractivity contribution in [1.29, 1.82) is 0 Å². The van der Waals surface area contributed by atoms with E-state index in [-0.39, 0.29) is 5.91 Å². The van der Waals surface area contributed by atoms with Gasteiger partial charge in [-0.05, 0) is 36.5 Å². The zero-order chi connectivity index (χ0) is 15.1. The minimum absolute atomic E-state index is 0.0437. The molecular weight excluding hydrogens is 274 g/mol. The molecule has 1 aliphatic heterocycles. The van der Waals surface area contributed by atoms with Gasteiger partial charge in [0.1, 0.15) is 5.69 Å². The molecule has 2 heterocycles. The number of piperidine rings is 1. The summed E-state index contributed by atoms with van der Waals surface area (Å²) in [7, 11) is 1.96. The molecule has 4 heteroatoms. The van der Waals surface area contributed by atoms with Crippen molar-refractivity contribution in [3.05, 3.63) is 48.2 Å². The van der Waals surface area contributed by atoms with Gasteiger partial charge in [0.25, 0.3) is 5.91 Å². The number of nitrogens with zero attached hydrogens (tertiary/aromatic N) is 1. The van der Waals surface area contributed by atoms with Crippen LogP contribution in [0.2, 0.25) is 0 Å². The van der Waals surface area contributed by atoms with Crippen LogP contribution in [0.4, 0.5) is 0 Å². The van der Waals surface area contributed by atoms with Gasteiger partial charge in [-0.1, -0.05) is 30.3 Å². The number of hydrogen-bond donors (Lipinski definition) is 2. The second kappa shape index (κ2) is 5.29. The SMILES string of the molecule is Cn1c(C(=O)NC2CC3CC2CN3)ccc1-c1ccccc1. The summed E-state index contributed by atoms with van der Waals surface area (Å²) in [4.78, 5) is 12.6. The van der Waals surface area contributed by atoms with Crippen molar-refractivity contribution < 1.29 is 4.79 Å². The Labute approximate surface area is 130 Å². The van der Waals surface area contributed by atoms with Crippen LogP contribution in [-0.4, -0.2) is 29.1 Å². The van der Waals surface area contributed by atoms with E-state index in [0.29, 0.717) is 18.0 Å². The predicted octanol–water partition coefficient (Wildman–Crippen LogP) is 2.17. The highest BCUT2D eigenvalue weighted by atomic mass is 16.2. The van der Waals surface area contributed by atoms with Gasteiger partial charge in [-0.15, -0.1) is 0 Å². The molecule has 2 bridgehead atoms. The van der Waals surface area contributed by atoms with Crippen LogP contribution in [0.3, 0.4) is 0 Å². The summed E-state index contributed by atoms with van der Waals surface area (Å²) in [6, 6.07) is 15.0. The van der Waals surface area contributed by atoms with E-state index in [1.807, 2.05) is 41.9 Å². The van der Waals surface area contributed by atoms with E-state index < -0.39 is 0 Å². The lowest BCUT2D eigenvalue weighted by Crippen LogP contribution is -2.44. The summed E-state index contributed by atoms with van der Waals surface area (Å²) in [6.45, 7) is 1.04. The van der Waals surface area contributed by atoms with E-state index in [9.17, 15) is 4.79 Å². The van der Waals surface area contributed by atoms with Crippen LogP contribution >= 0.6 is 0 Å². The third-order valence-electron chi connectivity index (χ3n) is 5.10. The van der Waals surface area contributed by atoms with Crippen molar-refractivity contribution >= 4 is 5.91 Å². The quantitative estimate of drug-likeness (QED) is 0.911. The molecular formula is C18H21N3O. The zero-order valence-corrected chi connectivity index (χ0v) is 12.8. The van der Waals surface area contributed by atoms with E-state index in [2.05, 4.69) is 22.8 Å². The number of carbonyl (C=O) groups excluding carboxylic acids is 1. The van der Waals surface area contributed by atoms with E-state index in [1.165, 1.54) is 6.42 Å². The molecule has 2 aromatic rings. The lowest BCUT2D eigenvalue weighted by Gasteiger charge is -2.23. The third kappa shape index (κ3) is 2.24. The van der Waals surface area contributed by atoms with E-state index in [1.54, 1.807) is 0 Å². The molecule has 1 saturated heterocycles. The van der Waals surface area contributed by atoms with Gasteiger partial charge in [-0.25, -0.2) is 0 Å². The first-order valence-electron chi connectivity index (χ1n) is 7.98. The molecule has 2 fully saturated rings. The van der Waals surface area contributed by atoms with Crippen molar-refractivity contribution in [3.63, 3.8) is 0 Å². The summed E-state index contributed by atoms with van der Waals surface area (Å²) >= 11 is 0. The minimum Gasteiger partial charge on any atom is -0.348 e. The molecule has 1 aromatic carbocycles. The first kappa shape index (κ1) is 13.6. The highest BCUT2D eigenvalue weighted by molar-refractivity contribution is 5.94. The molecule has 1 saturated carbocycles. The molecule has 4 rings (SSSR count). The van der Waals surface area contributed by atoms with E-state index in [0.717, 1.165) is 29.9 Å². The van der Waals surface area contributed by atoms with Crippen LogP contribution in [0.5, 0.6) is 0 Å². The molecule has 1 aliphatic carbocycles. The maximum absolute atomic E-state index is 12.6. The number of fused-ring (bicyclic) bond motifs is 2. The normalized spacial score (nSPS) is 26.3. The number of carbonyl (C=O) groups is 1. The molecule has 1 aromatic heterocycles. The van der Waals surface area contributed by atoms with Crippen molar-refractivity contribution in [2.45, 2.75) is 24.9 Å². The molecule has 114 valence electrons. The van der Waals surface area contributed by atoms with Crippen molar-refractivity contribution in [3.8, 4) is 11.3 Å².